The topological polar surface area (TPSA) is 71.8 Å². The summed E-state index contributed by atoms with van der Waals surface area (Å²) in [5, 5.41) is 8.98. The quantitative estimate of drug-likeness (QED) is 0.333. The third kappa shape index (κ3) is 6.61. The Balaban J connectivity index is 3.01. The third-order valence-corrected chi connectivity index (χ3v) is 5.55. The number of halogens is 5. The van der Waals surface area contributed by atoms with E-state index in [1.54, 1.807) is 43.4 Å². The van der Waals surface area contributed by atoms with Gasteiger partial charge in [-0.1, -0.05) is 18.5 Å². The van der Waals surface area contributed by atoms with Crippen LogP contribution in [0.15, 0.2) is 10.5 Å². The molecule has 0 radical (unpaired) electrons. The van der Waals surface area contributed by atoms with Crippen LogP contribution in [-0.2, 0) is 11.0 Å². The number of aliphatic hydroxyl groups excluding tert-OH is 1. The van der Waals surface area contributed by atoms with E-state index in [0.717, 1.165) is 6.07 Å². The van der Waals surface area contributed by atoms with Crippen molar-refractivity contribution >= 4 is 50.9 Å². The lowest BCUT2D eigenvalue weighted by atomic mass is 10.2. The van der Waals surface area contributed by atoms with Crippen molar-refractivity contribution in [3.8, 4) is 5.75 Å². The highest BCUT2D eigenvalue weighted by Gasteiger charge is 2.41. The lowest BCUT2D eigenvalue weighted by Gasteiger charge is -2.17. The van der Waals surface area contributed by atoms with Crippen LogP contribution in [0.1, 0.15) is 45.9 Å². The number of nitrogens with zero attached hydrogens (tertiary/aromatic N) is 2. The van der Waals surface area contributed by atoms with Gasteiger partial charge in [-0.3, -0.25) is 0 Å². The molecule has 1 heterocycles. The minimum atomic E-state index is -4.85. The lowest BCUT2D eigenvalue weighted by molar-refractivity contribution is -0.208. The molecule has 0 aliphatic carbocycles. The lowest BCUT2D eigenvalue weighted by Crippen LogP contribution is -2.23. The molecule has 0 saturated carbocycles. The Kier molecular flexibility index (Phi) is 8.30. The van der Waals surface area contributed by atoms with Crippen molar-refractivity contribution < 1.29 is 27.2 Å². The second kappa shape index (κ2) is 9.16. The predicted octanol–water partition coefficient (Wildman–Crippen LogP) is 4.63. The van der Waals surface area contributed by atoms with Gasteiger partial charge in [0.05, 0.1) is 19.7 Å². The molecule has 0 aliphatic heterocycles. The Morgan fingerprint density at radius 2 is 2.04 bits per heavy atom. The number of pyridine rings is 1. The first-order valence-electron chi connectivity index (χ1n) is 7.49. The maximum absolute atomic E-state index is 12.6. The van der Waals surface area contributed by atoms with E-state index in [2.05, 4.69) is 9.38 Å². The molecule has 2 unspecified atom stereocenters. The normalized spacial score (nSPS) is 15.7. The minimum Gasteiger partial charge on any atom is -0.483 e. The van der Waals surface area contributed by atoms with Gasteiger partial charge in [0.2, 0.25) is 0 Å². The largest absolute Gasteiger partial charge is 0.483 e. The van der Waals surface area contributed by atoms with E-state index >= 15 is 0 Å². The second-order valence-electron chi connectivity index (χ2n) is 6.25. The third-order valence-electron chi connectivity index (χ3n) is 3.02. The van der Waals surface area contributed by atoms with Crippen LogP contribution in [0, 0.1) is 3.57 Å². The molecule has 0 saturated heterocycles. The molecule has 148 valence electrons. The van der Waals surface area contributed by atoms with E-state index < -0.39 is 33.7 Å². The molecule has 0 amide bonds. The van der Waals surface area contributed by atoms with Crippen LogP contribution in [0.4, 0.5) is 13.2 Å². The van der Waals surface area contributed by atoms with Crippen molar-refractivity contribution in [3.63, 3.8) is 0 Å². The SMILES string of the molecule is CCC(COc1c(I)cc(C(O)C(F)(F)F)nc1Cl)=NS(=O)C(C)(C)C. The zero-order valence-corrected chi connectivity index (χ0v) is 18.3. The summed E-state index contributed by atoms with van der Waals surface area (Å²) in [6.07, 6.45) is -7.10. The second-order valence-corrected chi connectivity index (χ2v) is 9.68. The molecule has 5 nitrogen and oxygen atoms in total. The molecule has 0 aliphatic rings. The average Bonchev–Trinajstić information content (AvgIpc) is 2.49. The Labute approximate surface area is 171 Å². The summed E-state index contributed by atoms with van der Waals surface area (Å²) in [5.41, 5.74) is -0.0954. The summed E-state index contributed by atoms with van der Waals surface area (Å²) in [6.45, 7) is 7.14. The van der Waals surface area contributed by atoms with Gasteiger partial charge in [-0.25, -0.2) is 9.19 Å². The highest BCUT2D eigenvalue weighted by Crippen LogP contribution is 2.36. The summed E-state index contributed by atoms with van der Waals surface area (Å²) in [6, 6.07) is 1.05. The molecule has 1 N–H and O–H groups in total. The predicted molar refractivity (Wildman–Crippen MR) is 104 cm³/mol. The molecular weight excluding hydrogens is 508 g/mol. The first-order chi connectivity index (χ1) is 11.8. The zero-order chi connectivity index (χ0) is 20.3. The highest BCUT2D eigenvalue weighted by molar-refractivity contribution is 14.1. The van der Waals surface area contributed by atoms with Gasteiger partial charge in [-0.2, -0.15) is 17.6 Å². The number of hydrogen-bond donors (Lipinski definition) is 1. The van der Waals surface area contributed by atoms with Crippen LogP contribution in [0.25, 0.3) is 0 Å². The van der Waals surface area contributed by atoms with Crippen molar-refractivity contribution in [2.24, 2.45) is 4.40 Å². The van der Waals surface area contributed by atoms with Gasteiger partial charge < -0.3 is 9.84 Å². The monoisotopic (exact) mass is 526 g/mol. The van der Waals surface area contributed by atoms with E-state index in [0.29, 0.717) is 12.1 Å². The van der Waals surface area contributed by atoms with Crippen LogP contribution >= 0.6 is 34.2 Å². The van der Waals surface area contributed by atoms with Gasteiger partial charge in [0.1, 0.15) is 17.6 Å². The van der Waals surface area contributed by atoms with Crippen molar-refractivity contribution in [1.29, 1.82) is 0 Å². The first-order valence-corrected chi connectivity index (χ1v) is 10.1. The van der Waals surface area contributed by atoms with Gasteiger partial charge in [-0.05, 0) is 55.8 Å². The number of alkyl halides is 3. The molecule has 0 spiro atoms. The van der Waals surface area contributed by atoms with Crippen LogP contribution in [-0.4, -0.2) is 37.5 Å². The number of hydrogen-bond acceptors (Lipinski definition) is 4. The fourth-order valence-corrected chi connectivity index (χ4v) is 3.36. The van der Waals surface area contributed by atoms with Crippen molar-refractivity contribution in [3.05, 3.63) is 20.5 Å². The Morgan fingerprint density at radius 3 is 2.46 bits per heavy atom. The maximum atomic E-state index is 12.6. The van der Waals surface area contributed by atoms with Crippen LogP contribution in [0.3, 0.4) is 0 Å². The summed E-state index contributed by atoms with van der Waals surface area (Å²) < 4.78 is 59.3. The Hall–Kier alpha value is -0.460. The molecule has 1 aromatic rings. The van der Waals surface area contributed by atoms with Gasteiger partial charge in [-0.15, -0.1) is 0 Å². The van der Waals surface area contributed by atoms with Gasteiger partial charge in [0, 0.05) is 0 Å². The van der Waals surface area contributed by atoms with E-state index in [-0.39, 0.29) is 21.1 Å². The Morgan fingerprint density at radius 1 is 1.46 bits per heavy atom. The molecule has 2 atom stereocenters. The van der Waals surface area contributed by atoms with E-state index in [1.807, 2.05) is 6.92 Å². The summed E-state index contributed by atoms with van der Waals surface area (Å²) in [4.78, 5) is 3.57. The molecule has 0 aromatic carbocycles. The molecule has 0 fully saturated rings. The standard InChI is InChI=1S/C15H19ClF3IN2O3S/c1-5-8(22-26(24)14(2,3)4)7-25-11-9(20)6-10(21-13(11)16)12(23)15(17,18)19/h6,12,23H,5,7H2,1-4H3. The van der Waals surface area contributed by atoms with E-state index in [1.165, 1.54) is 0 Å². The van der Waals surface area contributed by atoms with Crippen molar-refractivity contribution in [2.45, 2.75) is 51.1 Å². The first kappa shape index (κ1) is 23.6. The molecule has 1 aromatic heterocycles. The van der Waals surface area contributed by atoms with Crippen molar-refractivity contribution in [1.82, 2.24) is 4.98 Å². The average molecular weight is 527 g/mol. The smallest absolute Gasteiger partial charge is 0.420 e. The number of rotatable bonds is 6. The van der Waals surface area contributed by atoms with Crippen LogP contribution < -0.4 is 4.74 Å². The molecule has 26 heavy (non-hydrogen) atoms. The number of ether oxygens (including phenoxy) is 1. The number of aliphatic hydroxyl groups is 1. The van der Waals surface area contributed by atoms with E-state index in [9.17, 15) is 22.5 Å². The summed E-state index contributed by atoms with van der Waals surface area (Å²) >= 11 is 7.66. The van der Waals surface area contributed by atoms with Crippen LogP contribution in [0.2, 0.25) is 5.15 Å². The molecule has 11 heteroatoms. The van der Waals surface area contributed by atoms with Crippen LogP contribution in [0.5, 0.6) is 5.75 Å². The Bertz CT molecular complexity index is 685. The fraction of sp³-hybridized carbons (Fsp3) is 0.600. The van der Waals surface area contributed by atoms with Crippen molar-refractivity contribution in [2.75, 3.05) is 6.61 Å². The highest BCUT2D eigenvalue weighted by atomic mass is 127. The zero-order valence-electron chi connectivity index (χ0n) is 14.5. The molecule has 1 rings (SSSR count). The molecule has 0 bridgehead atoms. The summed E-state index contributed by atoms with van der Waals surface area (Å²) in [5.74, 6) is 0.0769. The van der Waals surface area contributed by atoms with Gasteiger partial charge in [0.25, 0.3) is 0 Å². The van der Waals surface area contributed by atoms with E-state index in [4.69, 9.17) is 16.3 Å². The maximum Gasteiger partial charge on any atom is 0.420 e. The van der Waals surface area contributed by atoms with Gasteiger partial charge in [0.15, 0.2) is 17.0 Å². The fourth-order valence-electron chi connectivity index (χ4n) is 1.53. The molecular formula is C15H19ClF3IN2O3S. The minimum absolute atomic E-state index is 0.0309. The van der Waals surface area contributed by atoms with Gasteiger partial charge >= 0.3 is 6.18 Å². The number of aromatic nitrogens is 1. The summed E-state index contributed by atoms with van der Waals surface area (Å²) in [7, 11) is -1.46.